The summed E-state index contributed by atoms with van der Waals surface area (Å²) in [5.41, 5.74) is 1.19. The summed E-state index contributed by atoms with van der Waals surface area (Å²) < 4.78 is 16.9. The molecule has 1 aromatic heterocycles. The normalized spacial score (nSPS) is 10.6. The number of carbonyl (C=O) groups is 1. The first-order chi connectivity index (χ1) is 11.0. The molecule has 23 heavy (non-hydrogen) atoms. The molecule has 1 heterocycles. The summed E-state index contributed by atoms with van der Waals surface area (Å²) in [7, 11) is 0. The molecule has 0 spiro atoms. The molecule has 1 N–H and O–H groups in total. The van der Waals surface area contributed by atoms with Gasteiger partial charge in [-0.05, 0) is 46.3 Å². The number of para-hydroxylation sites is 2. The van der Waals surface area contributed by atoms with Crippen molar-refractivity contribution in [2.45, 2.75) is 0 Å². The van der Waals surface area contributed by atoms with Crippen LogP contribution in [-0.4, -0.2) is 15.7 Å². The van der Waals surface area contributed by atoms with Crippen LogP contribution >= 0.6 is 31.9 Å². The van der Waals surface area contributed by atoms with Crippen LogP contribution in [0.15, 0.2) is 63.8 Å². The number of nitrogens with zero attached hydrogens (tertiary/aromatic N) is 2. The number of nitrogens with one attached hydrogen (secondary N) is 1. The summed E-state index contributed by atoms with van der Waals surface area (Å²) in [6.07, 6.45) is 3.41. The number of carbonyl (C=O) groups excluding carboxylic acids is 1. The summed E-state index contributed by atoms with van der Waals surface area (Å²) in [6.45, 7) is 0. The zero-order valence-electron chi connectivity index (χ0n) is 11.6. The van der Waals surface area contributed by atoms with Gasteiger partial charge in [-0.2, -0.15) is 5.10 Å². The van der Waals surface area contributed by atoms with Crippen LogP contribution in [0.2, 0.25) is 0 Å². The fraction of sp³-hybridized carbons (Fsp3) is 0. The van der Waals surface area contributed by atoms with Crippen molar-refractivity contribution in [1.29, 1.82) is 0 Å². The summed E-state index contributed by atoms with van der Waals surface area (Å²) in [6, 6.07) is 11.4. The first kappa shape index (κ1) is 15.9. The van der Waals surface area contributed by atoms with Gasteiger partial charge in [0.1, 0.15) is 5.82 Å². The molecule has 0 atom stereocenters. The Bertz CT molecular complexity index is 879. The Labute approximate surface area is 148 Å². The molecule has 7 heteroatoms. The van der Waals surface area contributed by atoms with Gasteiger partial charge in [0, 0.05) is 10.7 Å². The minimum atomic E-state index is -0.579. The molecule has 1 amide bonds. The van der Waals surface area contributed by atoms with Crippen molar-refractivity contribution in [1.82, 2.24) is 9.78 Å². The van der Waals surface area contributed by atoms with E-state index in [9.17, 15) is 9.18 Å². The van der Waals surface area contributed by atoms with Gasteiger partial charge in [0.25, 0.3) is 5.91 Å². The zero-order chi connectivity index (χ0) is 16.4. The molecule has 0 bridgehead atoms. The minimum Gasteiger partial charge on any atom is -0.320 e. The Morgan fingerprint density at radius 1 is 1.13 bits per heavy atom. The summed E-state index contributed by atoms with van der Waals surface area (Å²) >= 11 is 6.57. The number of halogens is 3. The molecule has 0 saturated carbocycles. The lowest BCUT2D eigenvalue weighted by Crippen LogP contribution is -2.15. The van der Waals surface area contributed by atoms with E-state index in [4.69, 9.17) is 0 Å². The van der Waals surface area contributed by atoms with Crippen molar-refractivity contribution >= 4 is 43.5 Å². The molecule has 0 unspecified atom stereocenters. The molecule has 3 aromatic rings. The molecule has 116 valence electrons. The SMILES string of the molecule is O=C(Nc1ccccc1-n1cc(Br)cn1)c1cc(Br)ccc1F. The third-order valence-corrected chi connectivity index (χ3v) is 4.03. The van der Waals surface area contributed by atoms with Crippen LogP contribution in [0.3, 0.4) is 0 Å². The second-order valence-electron chi connectivity index (χ2n) is 4.70. The predicted molar refractivity (Wildman–Crippen MR) is 93.3 cm³/mol. The van der Waals surface area contributed by atoms with E-state index >= 15 is 0 Å². The Hall–Kier alpha value is -1.99. The lowest BCUT2D eigenvalue weighted by molar-refractivity contribution is 0.102. The van der Waals surface area contributed by atoms with Crippen LogP contribution in [0.5, 0.6) is 0 Å². The maximum atomic E-state index is 13.8. The van der Waals surface area contributed by atoms with Crippen LogP contribution in [0.4, 0.5) is 10.1 Å². The summed E-state index contributed by atoms with van der Waals surface area (Å²) in [5.74, 6) is -1.10. The van der Waals surface area contributed by atoms with E-state index in [1.807, 2.05) is 12.1 Å². The van der Waals surface area contributed by atoms with Gasteiger partial charge in [0.15, 0.2) is 0 Å². The van der Waals surface area contributed by atoms with Crippen LogP contribution in [0.1, 0.15) is 10.4 Å². The molecule has 4 nitrogen and oxygen atoms in total. The number of amides is 1. The van der Waals surface area contributed by atoms with Gasteiger partial charge in [-0.1, -0.05) is 28.1 Å². The van der Waals surface area contributed by atoms with Crippen molar-refractivity contribution in [3.05, 3.63) is 75.2 Å². The summed E-state index contributed by atoms with van der Waals surface area (Å²) in [4.78, 5) is 12.4. The summed E-state index contributed by atoms with van der Waals surface area (Å²) in [5, 5.41) is 6.92. The standard InChI is InChI=1S/C16H10Br2FN3O/c17-10-5-6-13(19)12(7-10)16(23)21-14-3-1-2-4-15(14)22-9-11(18)8-20-22/h1-9H,(H,21,23). The number of aromatic nitrogens is 2. The van der Waals surface area contributed by atoms with Crippen LogP contribution < -0.4 is 5.32 Å². The maximum absolute atomic E-state index is 13.8. The van der Waals surface area contributed by atoms with Crippen molar-refractivity contribution in [2.24, 2.45) is 0 Å². The number of benzene rings is 2. The highest BCUT2D eigenvalue weighted by Crippen LogP contribution is 2.23. The number of anilines is 1. The average Bonchev–Trinajstić information content (AvgIpc) is 2.96. The number of hydrogen-bond acceptors (Lipinski definition) is 2. The number of rotatable bonds is 3. The van der Waals surface area contributed by atoms with E-state index in [-0.39, 0.29) is 5.56 Å². The molecule has 0 saturated heterocycles. The molecule has 0 aliphatic carbocycles. The number of hydrogen-bond donors (Lipinski definition) is 1. The molecule has 0 radical (unpaired) electrons. The maximum Gasteiger partial charge on any atom is 0.258 e. The van der Waals surface area contributed by atoms with Gasteiger partial charge < -0.3 is 5.32 Å². The Balaban J connectivity index is 1.94. The van der Waals surface area contributed by atoms with E-state index in [1.54, 1.807) is 35.3 Å². The van der Waals surface area contributed by atoms with Crippen LogP contribution in [-0.2, 0) is 0 Å². The minimum absolute atomic E-state index is 0.0316. The molecular formula is C16H10Br2FN3O. The fourth-order valence-corrected chi connectivity index (χ4v) is 2.72. The van der Waals surface area contributed by atoms with Gasteiger partial charge in [0.2, 0.25) is 0 Å². The third-order valence-electron chi connectivity index (χ3n) is 3.12. The van der Waals surface area contributed by atoms with Crippen molar-refractivity contribution in [3.8, 4) is 5.69 Å². The predicted octanol–water partition coefficient (Wildman–Crippen LogP) is 4.79. The lowest BCUT2D eigenvalue weighted by Gasteiger charge is -2.11. The highest BCUT2D eigenvalue weighted by Gasteiger charge is 2.15. The van der Waals surface area contributed by atoms with Gasteiger partial charge >= 0.3 is 0 Å². The van der Waals surface area contributed by atoms with Crippen molar-refractivity contribution < 1.29 is 9.18 Å². The van der Waals surface area contributed by atoms with Crippen LogP contribution in [0, 0.1) is 5.82 Å². The highest BCUT2D eigenvalue weighted by molar-refractivity contribution is 9.10. The lowest BCUT2D eigenvalue weighted by atomic mass is 10.2. The Kier molecular flexibility index (Phi) is 4.58. The highest BCUT2D eigenvalue weighted by atomic mass is 79.9. The van der Waals surface area contributed by atoms with E-state index in [1.165, 1.54) is 12.1 Å². The average molecular weight is 439 g/mol. The Morgan fingerprint density at radius 3 is 2.65 bits per heavy atom. The molecule has 0 aliphatic rings. The van der Waals surface area contributed by atoms with E-state index in [0.29, 0.717) is 15.8 Å². The van der Waals surface area contributed by atoms with Crippen LogP contribution in [0.25, 0.3) is 5.69 Å². The van der Waals surface area contributed by atoms with E-state index < -0.39 is 11.7 Å². The molecule has 2 aromatic carbocycles. The second-order valence-corrected chi connectivity index (χ2v) is 6.53. The Morgan fingerprint density at radius 2 is 1.91 bits per heavy atom. The molecular weight excluding hydrogens is 429 g/mol. The van der Waals surface area contributed by atoms with Gasteiger partial charge in [-0.3, -0.25) is 4.79 Å². The molecule has 3 rings (SSSR count). The fourth-order valence-electron chi connectivity index (χ4n) is 2.07. The zero-order valence-corrected chi connectivity index (χ0v) is 14.8. The molecule has 0 fully saturated rings. The third kappa shape index (κ3) is 3.51. The van der Waals surface area contributed by atoms with Crippen molar-refractivity contribution in [3.63, 3.8) is 0 Å². The van der Waals surface area contributed by atoms with E-state index in [0.717, 1.165) is 4.47 Å². The first-order valence-electron chi connectivity index (χ1n) is 6.60. The van der Waals surface area contributed by atoms with E-state index in [2.05, 4.69) is 42.3 Å². The van der Waals surface area contributed by atoms with Crippen molar-refractivity contribution in [2.75, 3.05) is 5.32 Å². The topological polar surface area (TPSA) is 46.9 Å². The monoisotopic (exact) mass is 437 g/mol. The largest absolute Gasteiger partial charge is 0.320 e. The van der Waals surface area contributed by atoms with Gasteiger partial charge in [0.05, 0.1) is 27.6 Å². The smallest absolute Gasteiger partial charge is 0.258 e. The van der Waals surface area contributed by atoms with Gasteiger partial charge in [-0.15, -0.1) is 0 Å². The quantitative estimate of drug-likeness (QED) is 0.639. The molecule has 0 aliphatic heterocycles. The van der Waals surface area contributed by atoms with Gasteiger partial charge in [-0.25, -0.2) is 9.07 Å². The second kappa shape index (κ2) is 6.64. The first-order valence-corrected chi connectivity index (χ1v) is 8.19.